The fourth-order valence-electron chi connectivity index (χ4n) is 4.18. The summed E-state index contributed by atoms with van der Waals surface area (Å²) in [6.45, 7) is 0.746. The number of hydrogen-bond donors (Lipinski definition) is 2. The summed E-state index contributed by atoms with van der Waals surface area (Å²) in [4.78, 5) is 27.3. The Morgan fingerprint density at radius 1 is 0.794 bits per heavy atom. The summed E-state index contributed by atoms with van der Waals surface area (Å²) in [6, 6.07) is 26.0. The quantitative estimate of drug-likeness (QED) is 0.422. The molecule has 0 spiro atoms. The van der Waals surface area contributed by atoms with Crippen LogP contribution in [0.15, 0.2) is 84.9 Å². The van der Waals surface area contributed by atoms with Crippen molar-refractivity contribution in [1.29, 1.82) is 0 Å². The second kappa shape index (κ2) is 11.9. The van der Waals surface area contributed by atoms with Crippen molar-refractivity contribution in [3.63, 3.8) is 0 Å². The maximum atomic E-state index is 13.1. The second-order valence-corrected chi connectivity index (χ2v) is 8.48. The van der Waals surface area contributed by atoms with E-state index in [2.05, 4.69) is 10.6 Å². The first kappa shape index (κ1) is 23.4. The van der Waals surface area contributed by atoms with Gasteiger partial charge in [-0.1, -0.05) is 55.7 Å². The van der Waals surface area contributed by atoms with Crippen LogP contribution >= 0.6 is 0 Å². The number of carbonyl (C=O) groups excluding carboxylic acids is 2. The number of urea groups is 1. The molecular formula is C28H31N3O3. The minimum Gasteiger partial charge on any atom is -0.457 e. The molecule has 0 aliphatic heterocycles. The Labute approximate surface area is 200 Å². The van der Waals surface area contributed by atoms with Crippen molar-refractivity contribution in [3.8, 4) is 11.5 Å². The molecule has 3 aromatic carbocycles. The molecule has 176 valence electrons. The van der Waals surface area contributed by atoms with E-state index in [1.54, 1.807) is 4.90 Å². The Morgan fingerprint density at radius 3 is 2.09 bits per heavy atom. The van der Waals surface area contributed by atoms with Crippen LogP contribution in [0.25, 0.3) is 0 Å². The lowest BCUT2D eigenvalue weighted by Crippen LogP contribution is -2.42. The van der Waals surface area contributed by atoms with Gasteiger partial charge < -0.3 is 15.4 Å². The molecule has 0 radical (unpaired) electrons. The van der Waals surface area contributed by atoms with Gasteiger partial charge in [0.05, 0.1) is 0 Å². The molecule has 1 fully saturated rings. The first-order valence-corrected chi connectivity index (χ1v) is 11.9. The molecule has 34 heavy (non-hydrogen) atoms. The van der Waals surface area contributed by atoms with E-state index >= 15 is 0 Å². The lowest BCUT2D eigenvalue weighted by molar-refractivity contribution is -0.125. The predicted molar refractivity (Wildman–Crippen MR) is 135 cm³/mol. The molecule has 3 aromatic rings. The van der Waals surface area contributed by atoms with Crippen molar-refractivity contribution in [2.75, 3.05) is 23.3 Å². The highest BCUT2D eigenvalue weighted by Gasteiger charge is 2.22. The lowest BCUT2D eigenvalue weighted by Gasteiger charge is -2.25. The molecule has 1 saturated carbocycles. The van der Waals surface area contributed by atoms with Gasteiger partial charge in [-0.15, -0.1) is 0 Å². The van der Waals surface area contributed by atoms with Crippen LogP contribution < -0.4 is 20.3 Å². The zero-order valence-corrected chi connectivity index (χ0v) is 19.3. The molecule has 2 N–H and O–H groups in total. The average Bonchev–Trinajstić information content (AvgIpc) is 2.89. The molecule has 4 rings (SSSR count). The van der Waals surface area contributed by atoms with Crippen molar-refractivity contribution in [1.82, 2.24) is 5.32 Å². The maximum Gasteiger partial charge on any atom is 0.326 e. The van der Waals surface area contributed by atoms with Crippen molar-refractivity contribution in [2.45, 2.75) is 32.1 Å². The number of amides is 3. The third-order valence-electron chi connectivity index (χ3n) is 6.01. The predicted octanol–water partition coefficient (Wildman–Crippen LogP) is 6.21. The molecule has 0 atom stereocenters. The Kier molecular flexibility index (Phi) is 8.17. The Balaban J connectivity index is 1.42. The van der Waals surface area contributed by atoms with E-state index in [4.69, 9.17) is 4.74 Å². The van der Waals surface area contributed by atoms with Crippen LogP contribution in [0.2, 0.25) is 0 Å². The van der Waals surface area contributed by atoms with E-state index in [0.29, 0.717) is 24.5 Å². The number of nitrogens with one attached hydrogen (secondary N) is 2. The molecular weight excluding hydrogens is 426 g/mol. The number of benzene rings is 3. The van der Waals surface area contributed by atoms with Crippen molar-refractivity contribution >= 4 is 23.3 Å². The fourth-order valence-corrected chi connectivity index (χ4v) is 4.18. The minimum atomic E-state index is -0.255. The van der Waals surface area contributed by atoms with Crippen LogP contribution in [0.3, 0.4) is 0 Å². The van der Waals surface area contributed by atoms with Gasteiger partial charge in [0, 0.05) is 30.4 Å². The topological polar surface area (TPSA) is 70.7 Å². The molecule has 0 bridgehead atoms. The van der Waals surface area contributed by atoms with E-state index in [-0.39, 0.29) is 17.9 Å². The molecule has 1 aliphatic carbocycles. The summed E-state index contributed by atoms with van der Waals surface area (Å²) < 4.78 is 5.87. The Hall–Kier alpha value is -3.80. The number of hydrogen-bond acceptors (Lipinski definition) is 3. The van der Waals surface area contributed by atoms with Gasteiger partial charge in [0.1, 0.15) is 11.5 Å². The normalized spacial score (nSPS) is 13.6. The molecule has 0 saturated heterocycles. The Morgan fingerprint density at radius 2 is 1.41 bits per heavy atom. The van der Waals surface area contributed by atoms with Gasteiger partial charge in [-0.2, -0.15) is 0 Å². The van der Waals surface area contributed by atoms with E-state index in [1.807, 2.05) is 84.9 Å². The van der Waals surface area contributed by atoms with Crippen molar-refractivity contribution in [3.05, 3.63) is 84.9 Å². The third kappa shape index (κ3) is 6.61. The van der Waals surface area contributed by atoms with Gasteiger partial charge >= 0.3 is 6.03 Å². The summed E-state index contributed by atoms with van der Waals surface area (Å²) in [7, 11) is 0. The standard InChI is InChI=1S/C28H31N3O3/c32-27(22-10-4-1-5-11-22)29-20-21-31(28(33)30-23-12-6-2-7-13-23)24-16-18-26(19-17-24)34-25-14-8-3-9-15-25/h2-3,6-9,12-19,22H,1,4-5,10-11,20-21H2,(H,29,32)(H,30,33). The van der Waals surface area contributed by atoms with Gasteiger partial charge in [0.15, 0.2) is 0 Å². The largest absolute Gasteiger partial charge is 0.457 e. The van der Waals surface area contributed by atoms with Crippen molar-refractivity contribution in [2.24, 2.45) is 5.92 Å². The van der Waals surface area contributed by atoms with Crippen LogP contribution in [0.4, 0.5) is 16.2 Å². The molecule has 0 unspecified atom stereocenters. The van der Waals surface area contributed by atoms with Gasteiger partial charge in [-0.3, -0.25) is 9.69 Å². The number of carbonyl (C=O) groups is 2. The highest BCUT2D eigenvalue weighted by Crippen LogP contribution is 2.25. The molecule has 0 aromatic heterocycles. The average molecular weight is 458 g/mol. The zero-order chi connectivity index (χ0) is 23.6. The maximum absolute atomic E-state index is 13.1. The van der Waals surface area contributed by atoms with Crippen LogP contribution in [0.5, 0.6) is 11.5 Å². The number of ether oxygens (including phenoxy) is 1. The fraction of sp³-hybridized carbons (Fsp3) is 0.286. The minimum absolute atomic E-state index is 0.0923. The number of rotatable bonds is 8. The summed E-state index contributed by atoms with van der Waals surface area (Å²) in [5, 5.41) is 5.97. The monoisotopic (exact) mass is 457 g/mol. The zero-order valence-electron chi connectivity index (χ0n) is 19.3. The summed E-state index contributed by atoms with van der Waals surface area (Å²) in [6.07, 6.45) is 5.34. The van der Waals surface area contributed by atoms with Gasteiger partial charge in [-0.25, -0.2) is 4.79 Å². The van der Waals surface area contributed by atoms with Crippen LogP contribution in [-0.4, -0.2) is 25.0 Å². The number of para-hydroxylation sites is 2. The SMILES string of the molecule is O=C(NCCN(C(=O)Nc1ccccc1)c1ccc(Oc2ccccc2)cc1)C1CCCCC1. The first-order valence-electron chi connectivity index (χ1n) is 11.9. The third-order valence-corrected chi connectivity index (χ3v) is 6.01. The summed E-state index contributed by atoms with van der Waals surface area (Å²) in [5.41, 5.74) is 1.44. The smallest absolute Gasteiger partial charge is 0.326 e. The lowest BCUT2D eigenvalue weighted by atomic mass is 9.89. The van der Waals surface area contributed by atoms with E-state index in [0.717, 1.165) is 37.1 Å². The van der Waals surface area contributed by atoms with Gasteiger partial charge in [-0.05, 0) is 61.4 Å². The van der Waals surface area contributed by atoms with E-state index in [9.17, 15) is 9.59 Å². The molecule has 3 amide bonds. The Bertz CT molecular complexity index is 1050. The van der Waals surface area contributed by atoms with E-state index in [1.165, 1.54) is 6.42 Å². The number of anilines is 2. The van der Waals surface area contributed by atoms with Crippen LogP contribution in [0.1, 0.15) is 32.1 Å². The van der Waals surface area contributed by atoms with Crippen LogP contribution in [-0.2, 0) is 4.79 Å². The highest BCUT2D eigenvalue weighted by molar-refractivity contribution is 6.01. The highest BCUT2D eigenvalue weighted by atomic mass is 16.5. The summed E-state index contributed by atoms with van der Waals surface area (Å²) in [5.74, 6) is 1.62. The molecule has 6 nitrogen and oxygen atoms in total. The van der Waals surface area contributed by atoms with E-state index < -0.39 is 0 Å². The second-order valence-electron chi connectivity index (χ2n) is 8.48. The van der Waals surface area contributed by atoms with Gasteiger partial charge in [0.2, 0.25) is 5.91 Å². The summed E-state index contributed by atoms with van der Waals surface area (Å²) >= 11 is 0. The molecule has 6 heteroatoms. The molecule has 1 aliphatic rings. The van der Waals surface area contributed by atoms with Crippen LogP contribution in [0, 0.1) is 5.92 Å². The number of nitrogens with zero attached hydrogens (tertiary/aromatic N) is 1. The first-order chi connectivity index (χ1) is 16.7. The van der Waals surface area contributed by atoms with Crippen molar-refractivity contribution < 1.29 is 14.3 Å². The molecule has 0 heterocycles. The van der Waals surface area contributed by atoms with Gasteiger partial charge in [0.25, 0.3) is 0 Å².